The Morgan fingerprint density at radius 1 is 1.25 bits per heavy atom. The topological polar surface area (TPSA) is 47.3 Å². The fourth-order valence-corrected chi connectivity index (χ4v) is 2.35. The van der Waals surface area contributed by atoms with E-state index in [2.05, 4.69) is 29.7 Å². The normalized spacial score (nSPS) is 19.6. The Morgan fingerprint density at radius 2 is 1.94 bits per heavy atom. The van der Waals surface area contributed by atoms with E-state index in [9.17, 15) is 0 Å². The van der Waals surface area contributed by atoms with E-state index < -0.39 is 0 Å². The zero-order valence-electron chi connectivity index (χ0n) is 9.56. The summed E-state index contributed by atoms with van der Waals surface area (Å²) < 4.78 is 5.38. The lowest BCUT2D eigenvalue weighted by Crippen LogP contribution is -2.44. The summed E-state index contributed by atoms with van der Waals surface area (Å²) in [5.74, 6) is 6.30. The van der Waals surface area contributed by atoms with Gasteiger partial charge in [0.05, 0.1) is 0 Å². The number of hydrazine groups is 1. The highest BCUT2D eigenvalue weighted by Crippen LogP contribution is 2.21. The van der Waals surface area contributed by atoms with E-state index in [4.69, 9.17) is 10.6 Å². The van der Waals surface area contributed by atoms with Gasteiger partial charge in [-0.15, -0.1) is 0 Å². The average molecular weight is 220 g/mol. The molecule has 1 saturated heterocycles. The number of hydrogen-bond acceptors (Lipinski definition) is 3. The van der Waals surface area contributed by atoms with Crippen molar-refractivity contribution in [2.75, 3.05) is 13.2 Å². The van der Waals surface area contributed by atoms with Crippen LogP contribution in [0.2, 0.25) is 0 Å². The Balaban J connectivity index is 1.94. The van der Waals surface area contributed by atoms with Gasteiger partial charge in [-0.05, 0) is 30.7 Å². The summed E-state index contributed by atoms with van der Waals surface area (Å²) in [6.07, 6.45) is 3.23. The van der Waals surface area contributed by atoms with Crippen molar-refractivity contribution in [2.45, 2.75) is 25.3 Å². The van der Waals surface area contributed by atoms with Gasteiger partial charge in [0, 0.05) is 19.3 Å². The Kier molecular flexibility index (Phi) is 4.34. The predicted octanol–water partition coefficient (Wildman–Crippen LogP) is 1.49. The van der Waals surface area contributed by atoms with Crippen LogP contribution in [0, 0.1) is 5.92 Å². The van der Waals surface area contributed by atoms with Crippen LogP contribution >= 0.6 is 0 Å². The van der Waals surface area contributed by atoms with E-state index in [1.165, 1.54) is 5.56 Å². The molecular formula is C13H20N2O. The summed E-state index contributed by atoms with van der Waals surface area (Å²) in [5, 5.41) is 0. The van der Waals surface area contributed by atoms with Crippen molar-refractivity contribution in [1.29, 1.82) is 0 Å². The van der Waals surface area contributed by atoms with E-state index in [0.717, 1.165) is 32.5 Å². The van der Waals surface area contributed by atoms with Gasteiger partial charge in [-0.3, -0.25) is 11.3 Å². The maximum atomic E-state index is 5.66. The third-order valence-electron chi connectivity index (χ3n) is 3.35. The van der Waals surface area contributed by atoms with Crippen molar-refractivity contribution in [3.8, 4) is 0 Å². The van der Waals surface area contributed by atoms with E-state index >= 15 is 0 Å². The minimum atomic E-state index is 0.367. The molecule has 1 aromatic carbocycles. The molecule has 1 aliphatic rings. The molecule has 0 amide bonds. The highest BCUT2D eigenvalue weighted by molar-refractivity contribution is 5.16. The van der Waals surface area contributed by atoms with Gasteiger partial charge in [-0.25, -0.2) is 0 Å². The molecule has 1 fully saturated rings. The van der Waals surface area contributed by atoms with Gasteiger partial charge in [0.15, 0.2) is 0 Å². The zero-order chi connectivity index (χ0) is 11.2. The summed E-state index contributed by atoms with van der Waals surface area (Å²) >= 11 is 0. The Labute approximate surface area is 97.0 Å². The first-order valence-corrected chi connectivity index (χ1v) is 5.98. The van der Waals surface area contributed by atoms with Crippen LogP contribution in [0.4, 0.5) is 0 Å². The lowest BCUT2D eigenvalue weighted by molar-refractivity contribution is 0.0538. The number of ether oxygens (including phenoxy) is 1. The van der Waals surface area contributed by atoms with Crippen molar-refractivity contribution in [2.24, 2.45) is 11.8 Å². The molecule has 0 aromatic heterocycles. The van der Waals surface area contributed by atoms with Gasteiger partial charge in [-0.2, -0.15) is 0 Å². The average Bonchev–Trinajstić information content (AvgIpc) is 2.38. The molecule has 1 unspecified atom stereocenters. The number of nitrogens with one attached hydrogen (secondary N) is 1. The van der Waals surface area contributed by atoms with Gasteiger partial charge in [0.2, 0.25) is 0 Å². The summed E-state index contributed by atoms with van der Waals surface area (Å²) in [6.45, 7) is 1.75. The van der Waals surface area contributed by atoms with Gasteiger partial charge in [-0.1, -0.05) is 30.3 Å². The number of hydrogen-bond donors (Lipinski definition) is 2. The second-order valence-corrected chi connectivity index (χ2v) is 4.41. The predicted molar refractivity (Wildman–Crippen MR) is 64.8 cm³/mol. The molecule has 2 rings (SSSR count). The second-order valence-electron chi connectivity index (χ2n) is 4.41. The fourth-order valence-electron chi connectivity index (χ4n) is 2.35. The summed E-state index contributed by atoms with van der Waals surface area (Å²) in [6, 6.07) is 10.9. The van der Waals surface area contributed by atoms with Crippen LogP contribution in [0.3, 0.4) is 0 Å². The smallest absolute Gasteiger partial charge is 0.0469 e. The molecule has 0 aliphatic carbocycles. The van der Waals surface area contributed by atoms with Crippen molar-refractivity contribution >= 4 is 0 Å². The van der Waals surface area contributed by atoms with E-state index in [1.54, 1.807) is 0 Å². The van der Waals surface area contributed by atoms with Crippen LogP contribution in [-0.4, -0.2) is 19.3 Å². The zero-order valence-corrected chi connectivity index (χ0v) is 9.56. The minimum Gasteiger partial charge on any atom is -0.381 e. The maximum absolute atomic E-state index is 5.66. The molecule has 0 spiro atoms. The number of rotatable bonds is 4. The van der Waals surface area contributed by atoms with E-state index in [1.807, 2.05) is 6.07 Å². The molecule has 1 aliphatic heterocycles. The monoisotopic (exact) mass is 220 g/mol. The first kappa shape index (κ1) is 11.6. The Hall–Kier alpha value is -0.900. The molecule has 88 valence electrons. The Morgan fingerprint density at radius 3 is 2.56 bits per heavy atom. The van der Waals surface area contributed by atoms with Gasteiger partial charge in [0.1, 0.15) is 0 Å². The second kappa shape index (κ2) is 5.99. The summed E-state index contributed by atoms with van der Waals surface area (Å²) in [5.41, 5.74) is 4.31. The van der Waals surface area contributed by atoms with Crippen LogP contribution in [0.1, 0.15) is 18.4 Å². The van der Waals surface area contributed by atoms with Gasteiger partial charge in [0.25, 0.3) is 0 Å². The molecule has 0 saturated carbocycles. The van der Waals surface area contributed by atoms with Crippen LogP contribution < -0.4 is 11.3 Å². The highest BCUT2D eigenvalue weighted by Gasteiger charge is 2.23. The van der Waals surface area contributed by atoms with Crippen LogP contribution in [0.25, 0.3) is 0 Å². The fraction of sp³-hybridized carbons (Fsp3) is 0.538. The highest BCUT2D eigenvalue weighted by atomic mass is 16.5. The van der Waals surface area contributed by atoms with Crippen LogP contribution in [-0.2, 0) is 11.2 Å². The molecule has 3 heteroatoms. The van der Waals surface area contributed by atoms with Crippen molar-refractivity contribution < 1.29 is 4.74 Å². The third kappa shape index (κ3) is 3.04. The lowest BCUT2D eigenvalue weighted by Gasteiger charge is -2.29. The first-order valence-electron chi connectivity index (χ1n) is 5.98. The van der Waals surface area contributed by atoms with Crippen LogP contribution in [0.15, 0.2) is 30.3 Å². The minimum absolute atomic E-state index is 0.367. The van der Waals surface area contributed by atoms with Crippen molar-refractivity contribution in [1.82, 2.24) is 5.43 Å². The van der Waals surface area contributed by atoms with Crippen molar-refractivity contribution in [3.63, 3.8) is 0 Å². The SMILES string of the molecule is NNC(Cc1ccccc1)C1CCOCC1. The molecule has 3 nitrogen and oxygen atoms in total. The van der Waals surface area contributed by atoms with E-state index in [0.29, 0.717) is 12.0 Å². The molecule has 16 heavy (non-hydrogen) atoms. The number of nitrogens with two attached hydrogens (primary N) is 1. The molecule has 0 bridgehead atoms. The lowest BCUT2D eigenvalue weighted by atomic mass is 9.88. The Bertz CT molecular complexity index is 296. The molecule has 3 N–H and O–H groups in total. The third-order valence-corrected chi connectivity index (χ3v) is 3.35. The van der Waals surface area contributed by atoms with Crippen molar-refractivity contribution in [3.05, 3.63) is 35.9 Å². The molecule has 1 heterocycles. The van der Waals surface area contributed by atoms with Gasteiger partial charge < -0.3 is 4.74 Å². The largest absolute Gasteiger partial charge is 0.381 e. The maximum Gasteiger partial charge on any atom is 0.0469 e. The van der Waals surface area contributed by atoms with Crippen LogP contribution in [0.5, 0.6) is 0 Å². The molecule has 1 aromatic rings. The van der Waals surface area contributed by atoms with E-state index in [-0.39, 0.29) is 0 Å². The molecule has 0 radical (unpaired) electrons. The first-order chi connectivity index (χ1) is 7.90. The summed E-state index contributed by atoms with van der Waals surface area (Å²) in [4.78, 5) is 0. The number of benzene rings is 1. The molecule has 1 atom stereocenters. The molecular weight excluding hydrogens is 200 g/mol. The van der Waals surface area contributed by atoms with Gasteiger partial charge >= 0.3 is 0 Å². The standard InChI is InChI=1S/C13H20N2O/c14-15-13(12-6-8-16-9-7-12)10-11-4-2-1-3-5-11/h1-5,12-13,15H,6-10,14H2. The quantitative estimate of drug-likeness (QED) is 0.597. The summed E-state index contributed by atoms with van der Waals surface area (Å²) in [7, 11) is 0.